The van der Waals surface area contributed by atoms with E-state index in [4.69, 9.17) is 0 Å². The molecule has 0 spiro atoms. The van der Waals surface area contributed by atoms with Gasteiger partial charge >= 0.3 is 0 Å². The highest BCUT2D eigenvalue weighted by Gasteiger charge is 2.39. The van der Waals surface area contributed by atoms with Crippen LogP contribution in [0.15, 0.2) is 48.7 Å². The van der Waals surface area contributed by atoms with Crippen LogP contribution in [0.2, 0.25) is 0 Å². The fraction of sp³-hybridized carbons (Fsp3) is 0.294. The van der Waals surface area contributed by atoms with Crippen LogP contribution in [0.1, 0.15) is 28.3 Å². The van der Waals surface area contributed by atoms with Gasteiger partial charge in [-0.05, 0) is 24.1 Å². The Kier molecular flexibility index (Phi) is 3.60. The topological polar surface area (TPSA) is 45.2 Å². The van der Waals surface area contributed by atoms with Crippen LogP contribution in [0, 0.1) is 0 Å². The van der Waals surface area contributed by atoms with Crippen LogP contribution in [-0.4, -0.2) is 31.0 Å². The van der Waals surface area contributed by atoms with Gasteiger partial charge in [0.1, 0.15) is 5.82 Å². The normalized spacial score (nSPS) is 19.9. The Labute approximate surface area is 124 Å². The molecular formula is C17H19N3O. The lowest BCUT2D eigenvalue weighted by molar-refractivity contribution is 0.0950. The van der Waals surface area contributed by atoms with Crippen molar-refractivity contribution in [2.75, 3.05) is 19.0 Å². The Morgan fingerprint density at radius 2 is 1.95 bits per heavy atom. The van der Waals surface area contributed by atoms with Gasteiger partial charge in [-0.25, -0.2) is 4.98 Å². The largest absolute Gasteiger partial charge is 0.363 e. The molecule has 108 valence electrons. The number of hydrogen-bond acceptors (Lipinski definition) is 3. The van der Waals surface area contributed by atoms with Crippen molar-refractivity contribution in [2.24, 2.45) is 0 Å². The molecule has 1 aromatic heterocycles. The fourth-order valence-corrected chi connectivity index (χ4v) is 2.46. The quantitative estimate of drug-likeness (QED) is 0.936. The van der Waals surface area contributed by atoms with E-state index in [9.17, 15) is 4.79 Å². The van der Waals surface area contributed by atoms with Gasteiger partial charge < -0.3 is 10.2 Å². The van der Waals surface area contributed by atoms with Crippen molar-refractivity contribution in [3.63, 3.8) is 0 Å². The fourth-order valence-electron chi connectivity index (χ4n) is 2.46. The van der Waals surface area contributed by atoms with E-state index in [2.05, 4.69) is 22.4 Å². The van der Waals surface area contributed by atoms with Gasteiger partial charge in [-0.3, -0.25) is 4.79 Å². The second kappa shape index (κ2) is 5.56. The van der Waals surface area contributed by atoms with E-state index in [1.165, 1.54) is 5.56 Å². The molecule has 1 heterocycles. The SMILES string of the molecule is CN(C)c1ccc(C(=O)N[C@@H]2C[C@H]2c2ccccc2)cn1. The summed E-state index contributed by atoms with van der Waals surface area (Å²) in [5.74, 6) is 1.25. The van der Waals surface area contributed by atoms with Gasteiger partial charge in [-0.15, -0.1) is 0 Å². The van der Waals surface area contributed by atoms with Crippen molar-refractivity contribution in [3.8, 4) is 0 Å². The van der Waals surface area contributed by atoms with Crippen LogP contribution in [-0.2, 0) is 0 Å². The Bertz CT molecular complexity index is 622. The molecule has 2 atom stereocenters. The summed E-state index contributed by atoms with van der Waals surface area (Å²) in [6.45, 7) is 0. The summed E-state index contributed by atoms with van der Waals surface area (Å²) < 4.78 is 0. The molecule has 1 aliphatic rings. The predicted octanol–water partition coefficient (Wildman–Crippen LogP) is 2.43. The van der Waals surface area contributed by atoms with Crippen LogP contribution in [0.5, 0.6) is 0 Å². The maximum atomic E-state index is 12.2. The average molecular weight is 281 g/mol. The summed E-state index contributed by atoms with van der Waals surface area (Å²) in [4.78, 5) is 18.4. The molecule has 1 aromatic carbocycles. The molecule has 4 heteroatoms. The molecule has 0 unspecified atom stereocenters. The summed E-state index contributed by atoms with van der Waals surface area (Å²) in [6, 6.07) is 14.2. The Morgan fingerprint density at radius 3 is 2.57 bits per heavy atom. The number of aromatic nitrogens is 1. The van der Waals surface area contributed by atoms with E-state index >= 15 is 0 Å². The Balaban J connectivity index is 1.60. The maximum Gasteiger partial charge on any atom is 0.253 e. The van der Waals surface area contributed by atoms with Gasteiger partial charge in [-0.2, -0.15) is 0 Å². The second-order valence-corrected chi connectivity index (χ2v) is 5.63. The molecule has 0 saturated heterocycles. The number of hydrogen-bond donors (Lipinski definition) is 1. The smallest absolute Gasteiger partial charge is 0.253 e. The average Bonchev–Trinajstić information content (AvgIpc) is 3.27. The minimum Gasteiger partial charge on any atom is -0.363 e. The first kappa shape index (κ1) is 13.6. The van der Waals surface area contributed by atoms with E-state index < -0.39 is 0 Å². The van der Waals surface area contributed by atoms with Gasteiger partial charge in [0.2, 0.25) is 0 Å². The van der Waals surface area contributed by atoms with Crippen molar-refractivity contribution >= 4 is 11.7 Å². The van der Waals surface area contributed by atoms with Crippen LogP contribution < -0.4 is 10.2 Å². The lowest BCUT2D eigenvalue weighted by atomic mass is 10.1. The van der Waals surface area contributed by atoms with Gasteiger partial charge in [0.15, 0.2) is 0 Å². The molecule has 1 saturated carbocycles. The summed E-state index contributed by atoms with van der Waals surface area (Å²) in [7, 11) is 3.85. The van der Waals surface area contributed by atoms with Crippen molar-refractivity contribution in [1.29, 1.82) is 0 Å². The molecule has 1 amide bonds. The third-order valence-electron chi connectivity index (χ3n) is 3.80. The minimum atomic E-state index is -0.0452. The van der Waals surface area contributed by atoms with Crippen LogP contribution in [0.4, 0.5) is 5.82 Å². The molecule has 0 bridgehead atoms. The zero-order chi connectivity index (χ0) is 14.8. The number of rotatable bonds is 4. The van der Waals surface area contributed by atoms with Gasteiger partial charge in [-0.1, -0.05) is 30.3 Å². The van der Waals surface area contributed by atoms with Gasteiger partial charge in [0, 0.05) is 32.3 Å². The molecule has 4 nitrogen and oxygen atoms in total. The number of pyridine rings is 1. The van der Waals surface area contributed by atoms with Crippen LogP contribution >= 0.6 is 0 Å². The first-order valence-corrected chi connectivity index (χ1v) is 7.14. The first-order valence-electron chi connectivity index (χ1n) is 7.14. The number of carbonyl (C=O) groups excluding carboxylic acids is 1. The standard InChI is InChI=1S/C17H19N3O/c1-20(2)16-9-8-13(11-18-16)17(21)19-15-10-14(15)12-6-4-3-5-7-12/h3-9,11,14-15H,10H2,1-2H3,(H,19,21)/t14-,15+/m0/s1. The maximum absolute atomic E-state index is 12.2. The molecule has 0 radical (unpaired) electrons. The summed E-state index contributed by atoms with van der Waals surface area (Å²) in [5.41, 5.74) is 1.91. The van der Waals surface area contributed by atoms with E-state index in [-0.39, 0.29) is 11.9 Å². The van der Waals surface area contributed by atoms with Crippen LogP contribution in [0.25, 0.3) is 0 Å². The molecule has 3 rings (SSSR count). The van der Waals surface area contributed by atoms with Crippen molar-refractivity contribution in [3.05, 3.63) is 59.8 Å². The van der Waals surface area contributed by atoms with E-state index in [0.717, 1.165) is 12.2 Å². The lowest BCUT2D eigenvalue weighted by Gasteiger charge is -2.11. The molecular weight excluding hydrogens is 262 g/mol. The number of nitrogens with zero attached hydrogens (tertiary/aromatic N) is 2. The Hall–Kier alpha value is -2.36. The van der Waals surface area contributed by atoms with Gasteiger partial charge in [0.05, 0.1) is 5.56 Å². The number of nitrogens with one attached hydrogen (secondary N) is 1. The van der Waals surface area contributed by atoms with Crippen molar-refractivity contribution in [2.45, 2.75) is 18.4 Å². The number of benzene rings is 1. The predicted molar refractivity (Wildman–Crippen MR) is 83.6 cm³/mol. The highest BCUT2D eigenvalue weighted by atomic mass is 16.1. The highest BCUT2D eigenvalue weighted by Crippen LogP contribution is 2.40. The van der Waals surface area contributed by atoms with Crippen molar-refractivity contribution in [1.82, 2.24) is 10.3 Å². The summed E-state index contributed by atoms with van der Waals surface area (Å²) in [5, 5.41) is 3.07. The molecule has 0 aliphatic heterocycles. The number of anilines is 1. The van der Waals surface area contributed by atoms with E-state index in [1.54, 1.807) is 6.20 Å². The minimum absolute atomic E-state index is 0.0452. The number of carbonyl (C=O) groups is 1. The van der Waals surface area contributed by atoms with Crippen molar-refractivity contribution < 1.29 is 4.79 Å². The van der Waals surface area contributed by atoms with E-state index in [0.29, 0.717) is 11.5 Å². The van der Waals surface area contributed by atoms with E-state index in [1.807, 2.05) is 49.3 Å². The van der Waals surface area contributed by atoms with Gasteiger partial charge in [0.25, 0.3) is 5.91 Å². The third-order valence-corrected chi connectivity index (χ3v) is 3.80. The molecule has 1 fully saturated rings. The molecule has 1 aliphatic carbocycles. The Morgan fingerprint density at radius 1 is 1.19 bits per heavy atom. The molecule has 1 N–H and O–H groups in total. The first-order chi connectivity index (χ1) is 10.1. The summed E-state index contributed by atoms with van der Waals surface area (Å²) in [6.07, 6.45) is 2.64. The highest BCUT2D eigenvalue weighted by molar-refractivity contribution is 5.94. The second-order valence-electron chi connectivity index (χ2n) is 5.63. The zero-order valence-corrected chi connectivity index (χ0v) is 12.3. The molecule has 2 aromatic rings. The monoisotopic (exact) mass is 281 g/mol. The molecule has 21 heavy (non-hydrogen) atoms. The van der Waals surface area contributed by atoms with Crippen LogP contribution in [0.3, 0.4) is 0 Å². The summed E-state index contributed by atoms with van der Waals surface area (Å²) >= 11 is 0. The third kappa shape index (κ3) is 3.05. The number of amides is 1. The zero-order valence-electron chi connectivity index (χ0n) is 12.3. The lowest BCUT2D eigenvalue weighted by Crippen LogP contribution is -2.26.